The van der Waals surface area contributed by atoms with Gasteiger partial charge >= 0.3 is 11.7 Å². The van der Waals surface area contributed by atoms with E-state index in [-0.39, 0.29) is 12.2 Å². The monoisotopic (exact) mass is 316 g/mol. The molecule has 0 saturated carbocycles. The molecule has 122 valence electrons. The van der Waals surface area contributed by atoms with Gasteiger partial charge in [0.15, 0.2) is 12.0 Å². The van der Waals surface area contributed by atoms with Gasteiger partial charge < -0.3 is 19.7 Å². The van der Waals surface area contributed by atoms with Crippen LogP contribution in [0.15, 0.2) is 17.1 Å². The fraction of sp³-hybridized carbons (Fsp3) is 0.583. The van der Waals surface area contributed by atoms with E-state index in [1.54, 1.807) is 12.4 Å². The van der Waals surface area contributed by atoms with Crippen LogP contribution in [0.2, 0.25) is 0 Å². The number of hydrogen-bond donors (Lipinski definition) is 4. The van der Waals surface area contributed by atoms with Crippen molar-refractivity contribution in [3.63, 3.8) is 0 Å². The molecular formula is C12H17N3O7. The Morgan fingerprint density at radius 3 is 2.95 bits per heavy atom. The molecule has 10 heteroatoms. The van der Waals surface area contributed by atoms with Crippen LogP contribution in [-0.4, -0.2) is 55.8 Å². The van der Waals surface area contributed by atoms with Crippen molar-refractivity contribution in [1.82, 2.24) is 9.55 Å². The highest BCUT2D eigenvalue weighted by Gasteiger charge is 2.44. The molecule has 10 nitrogen and oxygen atoms in total. The summed E-state index contributed by atoms with van der Waals surface area (Å²) < 4.78 is 18.7. The van der Waals surface area contributed by atoms with Crippen LogP contribution in [0.1, 0.15) is 20.9 Å². The van der Waals surface area contributed by atoms with Crippen LogP contribution < -0.4 is 11.2 Å². The molecule has 2 heterocycles. The van der Waals surface area contributed by atoms with Gasteiger partial charge in [0, 0.05) is 12.6 Å². The van der Waals surface area contributed by atoms with Crippen LogP contribution in [0, 0.1) is 0 Å². The number of aliphatic hydroxyl groups is 2. The van der Waals surface area contributed by atoms with Crippen LogP contribution in [0.25, 0.3) is 0 Å². The zero-order valence-electron chi connectivity index (χ0n) is 12.7. The van der Waals surface area contributed by atoms with E-state index >= 15 is 0 Å². The number of anilines is 1. The highest BCUT2D eigenvalue weighted by Crippen LogP contribution is 2.28. The number of rotatable bonds is 5. The van der Waals surface area contributed by atoms with E-state index in [0.717, 1.165) is 10.8 Å². The lowest BCUT2D eigenvalue weighted by Gasteiger charge is -2.17. The van der Waals surface area contributed by atoms with Gasteiger partial charge in [-0.05, 0) is 6.07 Å². The molecule has 1 aliphatic rings. The molecule has 1 aromatic heterocycles. The summed E-state index contributed by atoms with van der Waals surface area (Å²) in [5, 5.41) is 28.8. The molecule has 1 aliphatic heterocycles. The molecule has 0 aliphatic carbocycles. The lowest BCUT2D eigenvalue weighted by molar-refractivity contribution is -0.149. The summed E-state index contributed by atoms with van der Waals surface area (Å²) in [7, 11) is 0. The maximum atomic E-state index is 11.8. The third-order valence-electron chi connectivity index (χ3n) is 3.11. The van der Waals surface area contributed by atoms with Gasteiger partial charge in [-0.3, -0.25) is 20.0 Å². The molecule has 0 radical (unpaired) electrons. The highest BCUT2D eigenvalue weighted by atomic mass is 16.6. The summed E-state index contributed by atoms with van der Waals surface area (Å²) >= 11 is 0. The zero-order valence-corrected chi connectivity index (χ0v) is 11.7. The first-order valence-corrected chi connectivity index (χ1v) is 6.52. The number of nitrogens with one attached hydrogen (secondary N) is 1. The van der Waals surface area contributed by atoms with Gasteiger partial charge in [0.2, 0.25) is 0 Å². The number of aromatic nitrogens is 2. The van der Waals surface area contributed by atoms with Crippen LogP contribution in [0.3, 0.4) is 0 Å². The summed E-state index contributed by atoms with van der Waals surface area (Å²) in [5.41, 5.74) is 0.810. The Labute approximate surface area is 126 Å². The summed E-state index contributed by atoms with van der Waals surface area (Å²) in [5.74, 6) is -0.673. The first-order valence-electron chi connectivity index (χ1n) is 7.02. The second kappa shape index (κ2) is 6.83. The predicted molar refractivity (Wildman–Crippen MR) is 71.1 cm³/mol. The Bertz CT molecular complexity index is 635. The second-order valence-electron chi connectivity index (χ2n) is 4.54. The van der Waals surface area contributed by atoms with E-state index in [0.29, 0.717) is 0 Å². The fourth-order valence-corrected chi connectivity index (χ4v) is 1.93. The van der Waals surface area contributed by atoms with Crippen LogP contribution in [0.5, 0.6) is 0 Å². The van der Waals surface area contributed by atoms with Gasteiger partial charge in [0.1, 0.15) is 24.9 Å². The standard InChI is InChI=1S/C12H17N3O7/c1-2-8(16)21-5-6-9(17)10(18)11(22-6)15-4-3-7(14-20)13-12(15)19/h3-4,6,9-11,17-18,20H,2,5H2,1H3,(H,13,14,19)/t6-,9-,10?,11-/m1/s1/i9D. The highest BCUT2D eigenvalue weighted by molar-refractivity contribution is 5.68. The van der Waals surface area contributed by atoms with Crippen molar-refractivity contribution in [3.05, 3.63) is 22.7 Å². The van der Waals surface area contributed by atoms with E-state index in [2.05, 4.69) is 4.98 Å². The molecule has 0 spiro atoms. The molecule has 4 atom stereocenters. The minimum absolute atomic E-state index is 0.105. The maximum Gasteiger partial charge on any atom is 0.351 e. The first-order chi connectivity index (χ1) is 10.8. The number of esters is 1. The van der Waals surface area contributed by atoms with Crippen molar-refractivity contribution < 1.29 is 31.1 Å². The molecule has 1 aromatic rings. The second-order valence-corrected chi connectivity index (χ2v) is 4.54. The van der Waals surface area contributed by atoms with Crippen molar-refractivity contribution in [2.24, 2.45) is 0 Å². The number of hydrogen-bond acceptors (Lipinski definition) is 9. The number of nitrogens with zero attached hydrogens (tertiary/aromatic N) is 2. The van der Waals surface area contributed by atoms with Gasteiger partial charge in [0.05, 0.1) is 1.37 Å². The fourth-order valence-electron chi connectivity index (χ4n) is 1.93. The summed E-state index contributed by atoms with van der Waals surface area (Å²) in [6.07, 6.45) is -5.73. The molecule has 2 rings (SSSR count). The van der Waals surface area contributed by atoms with E-state index in [1.165, 1.54) is 6.07 Å². The van der Waals surface area contributed by atoms with Gasteiger partial charge in [-0.25, -0.2) is 4.79 Å². The van der Waals surface area contributed by atoms with Crippen molar-refractivity contribution in [2.75, 3.05) is 12.1 Å². The Kier molecular flexibility index (Phi) is 4.63. The van der Waals surface area contributed by atoms with Crippen molar-refractivity contribution >= 4 is 11.8 Å². The smallest absolute Gasteiger partial charge is 0.351 e. The lowest BCUT2D eigenvalue weighted by atomic mass is 10.1. The third-order valence-corrected chi connectivity index (χ3v) is 3.11. The Hall–Kier alpha value is -2.01. The molecule has 4 N–H and O–H groups in total. The topological polar surface area (TPSA) is 143 Å². The van der Waals surface area contributed by atoms with Gasteiger partial charge in [0.25, 0.3) is 0 Å². The summed E-state index contributed by atoms with van der Waals surface area (Å²) in [6.45, 7) is 1.13. The number of carbonyl (C=O) groups excluding carboxylic acids is 1. The van der Waals surface area contributed by atoms with Crippen LogP contribution in [-0.2, 0) is 14.3 Å². The Balaban J connectivity index is 2.21. The van der Waals surface area contributed by atoms with Crippen molar-refractivity contribution in [1.29, 1.82) is 0 Å². The summed E-state index contributed by atoms with van der Waals surface area (Å²) in [4.78, 5) is 26.5. The quantitative estimate of drug-likeness (QED) is 0.381. The molecule has 1 fully saturated rings. The molecule has 1 unspecified atom stereocenters. The predicted octanol–water partition coefficient (Wildman–Crippen LogP) is -1.38. The normalized spacial score (nSPS) is 31.6. The van der Waals surface area contributed by atoms with E-state index in [1.807, 2.05) is 0 Å². The number of aliphatic hydroxyl groups excluding tert-OH is 1. The molecule has 0 amide bonds. The van der Waals surface area contributed by atoms with Gasteiger partial charge in [-0.15, -0.1) is 0 Å². The van der Waals surface area contributed by atoms with E-state index in [4.69, 9.17) is 16.1 Å². The zero-order chi connectivity index (χ0) is 17.2. The first kappa shape index (κ1) is 14.9. The Morgan fingerprint density at radius 1 is 1.64 bits per heavy atom. The SMILES string of the molecule is [2H][C@]1(O)C(O)[C@H](n2ccc(NO)nc2=O)O[C@@H]1COC(=O)CC. The van der Waals surface area contributed by atoms with Crippen molar-refractivity contribution in [2.45, 2.75) is 37.9 Å². The van der Waals surface area contributed by atoms with Gasteiger partial charge in [-0.1, -0.05) is 6.92 Å². The lowest BCUT2D eigenvalue weighted by Crippen LogP contribution is -2.36. The van der Waals surface area contributed by atoms with Crippen LogP contribution >= 0.6 is 0 Å². The summed E-state index contributed by atoms with van der Waals surface area (Å²) in [6, 6.07) is 1.23. The van der Waals surface area contributed by atoms with Crippen LogP contribution in [0.4, 0.5) is 5.82 Å². The number of ether oxygens (including phenoxy) is 2. The van der Waals surface area contributed by atoms with Crippen molar-refractivity contribution in [3.8, 4) is 0 Å². The van der Waals surface area contributed by atoms with E-state index in [9.17, 15) is 19.8 Å². The van der Waals surface area contributed by atoms with E-state index < -0.39 is 42.8 Å². The third kappa shape index (κ3) is 3.25. The Morgan fingerprint density at radius 2 is 2.36 bits per heavy atom. The molecular weight excluding hydrogens is 298 g/mol. The minimum atomic E-state index is -2.48. The average molecular weight is 316 g/mol. The maximum absolute atomic E-state index is 11.8. The largest absolute Gasteiger partial charge is 0.463 e. The van der Waals surface area contributed by atoms with Gasteiger partial charge in [-0.2, -0.15) is 4.98 Å². The minimum Gasteiger partial charge on any atom is -0.463 e. The molecule has 0 bridgehead atoms. The molecule has 1 saturated heterocycles. The molecule has 22 heavy (non-hydrogen) atoms. The molecule has 0 aromatic carbocycles. The number of carbonyl (C=O) groups is 1. The average Bonchev–Trinajstić information content (AvgIpc) is 2.75.